The second kappa shape index (κ2) is 3.30. The van der Waals surface area contributed by atoms with E-state index in [-0.39, 0.29) is 0 Å². The summed E-state index contributed by atoms with van der Waals surface area (Å²) in [5.41, 5.74) is 0. The number of hydrogen-bond donors (Lipinski definition) is 1. The van der Waals surface area contributed by atoms with E-state index in [1.54, 1.807) is 13.1 Å². The maximum Gasteiger partial charge on any atom is 0.224 e. The quantitative estimate of drug-likeness (QED) is 0.791. The monoisotopic (exact) mass is 265 g/mol. The van der Waals surface area contributed by atoms with E-state index in [1.807, 2.05) is 0 Å². The van der Waals surface area contributed by atoms with E-state index in [4.69, 9.17) is 0 Å². The van der Waals surface area contributed by atoms with Crippen LogP contribution < -0.4 is 5.32 Å². The molecule has 0 aromatic carbocycles. The van der Waals surface area contributed by atoms with Gasteiger partial charge in [0.2, 0.25) is 5.95 Å². The van der Waals surface area contributed by atoms with Crippen molar-refractivity contribution in [2.75, 3.05) is 12.4 Å². The molecule has 54 valence electrons. The summed E-state index contributed by atoms with van der Waals surface area (Å²) in [6.07, 6.45) is 0. The third-order valence-electron chi connectivity index (χ3n) is 0.887. The third-order valence-corrected chi connectivity index (χ3v) is 1.70. The smallest absolute Gasteiger partial charge is 0.224 e. The Hall–Kier alpha value is -0.160. The number of anilines is 1. The highest BCUT2D eigenvalue weighted by molar-refractivity contribution is 9.11. The first kappa shape index (κ1) is 7.94. The molecule has 0 fully saturated rings. The Morgan fingerprint density at radius 2 is 1.80 bits per heavy atom. The summed E-state index contributed by atoms with van der Waals surface area (Å²) in [5, 5.41) is 2.83. The average Bonchev–Trinajstić information content (AvgIpc) is 1.85. The van der Waals surface area contributed by atoms with E-state index < -0.39 is 0 Å². The molecular weight excluding hydrogens is 262 g/mol. The van der Waals surface area contributed by atoms with Crippen molar-refractivity contribution in [1.29, 1.82) is 0 Å². The second-order valence-corrected chi connectivity index (χ2v) is 3.21. The molecule has 0 unspecified atom stereocenters. The van der Waals surface area contributed by atoms with Crippen LogP contribution in [-0.4, -0.2) is 17.0 Å². The van der Waals surface area contributed by atoms with Crippen molar-refractivity contribution in [2.45, 2.75) is 0 Å². The lowest BCUT2D eigenvalue weighted by Gasteiger charge is -1.97. The van der Waals surface area contributed by atoms with Gasteiger partial charge in [0.25, 0.3) is 0 Å². The Kier molecular flexibility index (Phi) is 2.62. The zero-order chi connectivity index (χ0) is 7.56. The van der Waals surface area contributed by atoms with Gasteiger partial charge in [-0.3, -0.25) is 0 Å². The number of nitrogens with one attached hydrogen (secondary N) is 1. The van der Waals surface area contributed by atoms with Crippen molar-refractivity contribution in [1.82, 2.24) is 9.97 Å². The van der Waals surface area contributed by atoms with Crippen molar-refractivity contribution < 1.29 is 0 Å². The maximum atomic E-state index is 4.02. The number of nitrogens with zero attached hydrogens (tertiary/aromatic N) is 2. The summed E-state index contributed by atoms with van der Waals surface area (Å²) in [4.78, 5) is 8.03. The molecule has 0 saturated heterocycles. The summed E-state index contributed by atoms with van der Waals surface area (Å²) in [5.74, 6) is 0.598. The molecule has 1 aromatic heterocycles. The van der Waals surface area contributed by atoms with Crippen LogP contribution >= 0.6 is 31.9 Å². The lowest BCUT2D eigenvalue weighted by molar-refractivity contribution is 1.10. The van der Waals surface area contributed by atoms with Crippen LogP contribution in [0.1, 0.15) is 0 Å². The van der Waals surface area contributed by atoms with Crippen LogP contribution in [0, 0.1) is 0 Å². The summed E-state index contributed by atoms with van der Waals surface area (Å²) in [6.45, 7) is 0. The highest BCUT2D eigenvalue weighted by atomic mass is 79.9. The van der Waals surface area contributed by atoms with Gasteiger partial charge in [0, 0.05) is 13.1 Å². The Morgan fingerprint density at radius 3 is 2.20 bits per heavy atom. The van der Waals surface area contributed by atoms with Gasteiger partial charge in [-0.05, 0) is 31.9 Å². The number of hydrogen-bond acceptors (Lipinski definition) is 3. The van der Waals surface area contributed by atoms with Gasteiger partial charge >= 0.3 is 0 Å². The highest BCUT2D eigenvalue weighted by Gasteiger charge is 1.96. The van der Waals surface area contributed by atoms with Gasteiger partial charge in [-0.1, -0.05) is 0 Å². The molecule has 0 aliphatic carbocycles. The number of rotatable bonds is 1. The normalized spacial score (nSPS) is 9.50. The lowest BCUT2D eigenvalue weighted by Crippen LogP contribution is -1.95. The summed E-state index contributed by atoms with van der Waals surface area (Å²) in [7, 11) is 1.77. The predicted molar refractivity (Wildman–Crippen MR) is 47.0 cm³/mol. The first-order valence-electron chi connectivity index (χ1n) is 2.60. The Bertz CT molecular complexity index is 218. The standard InChI is InChI=1S/C5H5Br2N3/c1-8-5-9-3(6)2-4(7)10-5/h2H,1H3,(H,8,9,10). The molecule has 1 aromatic rings. The second-order valence-electron chi connectivity index (χ2n) is 1.59. The molecule has 1 rings (SSSR count). The molecule has 0 saturated carbocycles. The Labute approximate surface area is 75.5 Å². The molecule has 1 heterocycles. The molecule has 10 heavy (non-hydrogen) atoms. The van der Waals surface area contributed by atoms with Crippen LogP contribution in [0.4, 0.5) is 5.95 Å². The third kappa shape index (κ3) is 1.91. The summed E-state index contributed by atoms with van der Waals surface area (Å²) in [6, 6.07) is 1.78. The number of aromatic nitrogens is 2. The van der Waals surface area contributed by atoms with Crippen LogP contribution in [0.5, 0.6) is 0 Å². The predicted octanol–water partition coefficient (Wildman–Crippen LogP) is 2.04. The fraction of sp³-hybridized carbons (Fsp3) is 0.200. The average molecular weight is 267 g/mol. The first-order valence-corrected chi connectivity index (χ1v) is 4.19. The topological polar surface area (TPSA) is 37.8 Å². The van der Waals surface area contributed by atoms with Gasteiger partial charge in [-0.2, -0.15) is 0 Å². The van der Waals surface area contributed by atoms with Crippen molar-refractivity contribution in [3.05, 3.63) is 15.3 Å². The van der Waals surface area contributed by atoms with Crippen LogP contribution in [0.25, 0.3) is 0 Å². The lowest BCUT2D eigenvalue weighted by atomic mass is 10.7. The van der Waals surface area contributed by atoms with Crippen LogP contribution in [0.2, 0.25) is 0 Å². The van der Waals surface area contributed by atoms with Crippen molar-refractivity contribution in [3.63, 3.8) is 0 Å². The fourth-order valence-electron chi connectivity index (χ4n) is 0.502. The molecule has 0 amide bonds. The largest absolute Gasteiger partial charge is 0.357 e. The van der Waals surface area contributed by atoms with E-state index in [1.165, 1.54) is 0 Å². The summed E-state index contributed by atoms with van der Waals surface area (Å²) >= 11 is 6.47. The van der Waals surface area contributed by atoms with Crippen LogP contribution in [-0.2, 0) is 0 Å². The van der Waals surface area contributed by atoms with Gasteiger partial charge in [-0.15, -0.1) is 0 Å². The zero-order valence-electron chi connectivity index (χ0n) is 5.23. The fourth-order valence-corrected chi connectivity index (χ4v) is 1.58. The first-order chi connectivity index (χ1) is 4.72. The molecule has 1 N–H and O–H groups in total. The molecule has 0 aliphatic heterocycles. The van der Waals surface area contributed by atoms with E-state index in [0.717, 1.165) is 9.21 Å². The van der Waals surface area contributed by atoms with E-state index >= 15 is 0 Å². The Morgan fingerprint density at radius 1 is 1.30 bits per heavy atom. The van der Waals surface area contributed by atoms with Gasteiger partial charge in [0.15, 0.2) is 0 Å². The van der Waals surface area contributed by atoms with Crippen molar-refractivity contribution >= 4 is 37.8 Å². The van der Waals surface area contributed by atoms with Crippen LogP contribution in [0.15, 0.2) is 15.3 Å². The molecule has 0 spiro atoms. The maximum absolute atomic E-state index is 4.02. The SMILES string of the molecule is CNc1nc(Br)cc(Br)n1. The minimum atomic E-state index is 0.598. The van der Waals surface area contributed by atoms with Crippen LogP contribution in [0.3, 0.4) is 0 Å². The molecular formula is C5H5Br2N3. The minimum Gasteiger partial charge on any atom is -0.357 e. The summed E-state index contributed by atoms with van der Waals surface area (Å²) < 4.78 is 1.53. The van der Waals surface area contributed by atoms with Gasteiger partial charge in [0.05, 0.1) is 0 Å². The minimum absolute atomic E-state index is 0.598. The van der Waals surface area contributed by atoms with E-state index in [2.05, 4.69) is 47.1 Å². The number of halogens is 2. The highest BCUT2D eigenvalue weighted by Crippen LogP contribution is 2.14. The molecule has 5 heteroatoms. The zero-order valence-corrected chi connectivity index (χ0v) is 8.40. The van der Waals surface area contributed by atoms with Gasteiger partial charge < -0.3 is 5.32 Å². The van der Waals surface area contributed by atoms with Crippen molar-refractivity contribution in [3.8, 4) is 0 Å². The molecule has 3 nitrogen and oxygen atoms in total. The van der Waals surface area contributed by atoms with Crippen molar-refractivity contribution in [2.24, 2.45) is 0 Å². The van der Waals surface area contributed by atoms with Gasteiger partial charge in [-0.25, -0.2) is 9.97 Å². The van der Waals surface area contributed by atoms with Gasteiger partial charge in [0.1, 0.15) is 9.21 Å². The molecule has 0 bridgehead atoms. The molecule has 0 atom stereocenters. The molecule has 0 aliphatic rings. The van der Waals surface area contributed by atoms with E-state index in [0.29, 0.717) is 5.95 Å². The Balaban J connectivity index is 3.06. The molecule has 0 radical (unpaired) electrons. The van der Waals surface area contributed by atoms with E-state index in [9.17, 15) is 0 Å².